The van der Waals surface area contributed by atoms with Gasteiger partial charge in [0.25, 0.3) is 0 Å². The van der Waals surface area contributed by atoms with Gasteiger partial charge in [-0.15, -0.1) is 0 Å². The lowest BCUT2D eigenvalue weighted by molar-refractivity contribution is 0.0988. The molecule has 1 saturated carbocycles. The topological polar surface area (TPSA) is 37.4 Å². The highest BCUT2D eigenvalue weighted by molar-refractivity contribution is 6.40. The molecule has 0 amide bonds. The molecule has 1 spiro atoms. The number of anilines is 2. The van der Waals surface area contributed by atoms with E-state index in [0.29, 0.717) is 11.1 Å². The molecule has 0 saturated heterocycles. The van der Waals surface area contributed by atoms with Gasteiger partial charge in [-0.3, -0.25) is 9.59 Å². The van der Waals surface area contributed by atoms with Gasteiger partial charge in [0.1, 0.15) is 0 Å². The van der Waals surface area contributed by atoms with Crippen LogP contribution in [0, 0.1) is 41.5 Å². The molecule has 5 aromatic rings. The van der Waals surface area contributed by atoms with E-state index in [-0.39, 0.29) is 22.6 Å². The first-order valence-corrected chi connectivity index (χ1v) is 17.7. The third kappa shape index (κ3) is 4.85. The van der Waals surface area contributed by atoms with Crippen molar-refractivity contribution in [2.24, 2.45) is 0 Å². The summed E-state index contributed by atoms with van der Waals surface area (Å²) in [5, 5.41) is 1.95. The van der Waals surface area contributed by atoms with E-state index in [4.69, 9.17) is 0 Å². The van der Waals surface area contributed by atoms with E-state index in [9.17, 15) is 9.59 Å². The Bertz CT molecular complexity index is 2210. The molecule has 2 aliphatic carbocycles. The predicted octanol–water partition coefficient (Wildman–Crippen LogP) is 11.6. The van der Waals surface area contributed by atoms with Crippen LogP contribution in [0.5, 0.6) is 0 Å². The Morgan fingerprint density at radius 3 is 1.73 bits per heavy atom. The normalized spacial score (nSPS) is 17.4. The molecule has 49 heavy (non-hydrogen) atoms. The number of ketones is 2. The summed E-state index contributed by atoms with van der Waals surface area (Å²) in [4.78, 5) is 30.3. The van der Waals surface area contributed by atoms with Gasteiger partial charge >= 0.3 is 0 Å². The summed E-state index contributed by atoms with van der Waals surface area (Å²) in [5.74, 6) is -0.365. The molecule has 0 N–H and O–H groups in total. The fourth-order valence-electron chi connectivity index (χ4n) is 9.39. The van der Waals surface area contributed by atoms with Crippen LogP contribution in [-0.2, 0) is 5.41 Å². The van der Waals surface area contributed by atoms with Crippen LogP contribution < -0.4 is 4.90 Å². The average molecular weight is 642 g/mol. The lowest BCUT2D eigenvalue weighted by atomic mass is 9.68. The van der Waals surface area contributed by atoms with Gasteiger partial charge in [0, 0.05) is 22.2 Å². The summed E-state index contributed by atoms with van der Waals surface area (Å²) in [6, 6.07) is 27.9. The summed E-state index contributed by atoms with van der Waals surface area (Å²) < 4.78 is 0. The highest BCUT2D eigenvalue weighted by Gasteiger charge is 2.49. The van der Waals surface area contributed by atoms with Crippen molar-refractivity contribution in [3.63, 3.8) is 0 Å². The Kier molecular flexibility index (Phi) is 7.37. The van der Waals surface area contributed by atoms with Crippen LogP contribution in [0.2, 0.25) is 0 Å². The number of aryl methyl sites for hydroxylation is 6. The molecular weight excluding hydrogens is 599 g/mol. The number of fused-ring (bicyclic) bond motifs is 4. The van der Waals surface area contributed by atoms with Crippen molar-refractivity contribution < 1.29 is 9.59 Å². The van der Waals surface area contributed by atoms with Gasteiger partial charge in [-0.1, -0.05) is 85.0 Å². The Balaban J connectivity index is 1.35. The van der Waals surface area contributed by atoms with E-state index in [0.717, 1.165) is 36.5 Å². The molecule has 3 aliphatic rings. The summed E-state index contributed by atoms with van der Waals surface area (Å²) in [7, 11) is 0. The minimum Gasteiger partial charge on any atom is -0.312 e. The zero-order valence-corrected chi connectivity index (χ0v) is 29.5. The molecular formula is C46H43NO2. The Labute approximate surface area is 290 Å². The van der Waals surface area contributed by atoms with Crippen LogP contribution in [0.3, 0.4) is 0 Å². The first-order chi connectivity index (χ1) is 23.6. The number of allylic oxidation sites excluding steroid dienone is 4. The smallest absolute Gasteiger partial charge is 0.197 e. The first-order valence-electron chi connectivity index (χ1n) is 17.7. The second-order valence-electron chi connectivity index (χ2n) is 14.8. The maximum Gasteiger partial charge on any atom is 0.197 e. The molecule has 0 unspecified atom stereocenters. The first kappa shape index (κ1) is 31.3. The van der Waals surface area contributed by atoms with Crippen molar-refractivity contribution >= 4 is 33.7 Å². The van der Waals surface area contributed by atoms with Gasteiger partial charge < -0.3 is 4.90 Å². The molecule has 0 bridgehead atoms. The zero-order valence-electron chi connectivity index (χ0n) is 29.5. The lowest BCUT2D eigenvalue weighted by Gasteiger charge is -2.37. The highest BCUT2D eigenvalue weighted by atomic mass is 16.2. The van der Waals surface area contributed by atoms with E-state index in [1.807, 2.05) is 42.5 Å². The Morgan fingerprint density at radius 2 is 1.16 bits per heavy atom. The van der Waals surface area contributed by atoms with E-state index in [1.54, 1.807) is 0 Å². The van der Waals surface area contributed by atoms with Gasteiger partial charge in [-0.05, 0) is 141 Å². The average Bonchev–Trinajstić information content (AvgIpc) is 3.44. The van der Waals surface area contributed by atoms with Crippen molar-refractivity contribution in [2.45, 2.75) is 79.1 Å². The molecule has 1 aliphatic heterocycles. The van der Waals surface area contributed by atoms with Crippen molar-refractivity contribution in [2.75, 3.05) is 4.90 Å². The predicted molar refractivity (Wildman–Crippen MR) is 202 cm³/mol. The number of nitrogens with zero attached hydrogens (tertiary/aromatic N) is 1. The van der Waals surface area contributed by atoms with E-state index < -0.39 is 0 Å². The molecule has 8 rings (SSSR count). The third-order valence-electron chi connectivity index (χ3n) is 11.3. The molecule has 5 aromatic carbocycles. The maximum absolute atomic E-state index is 13.9. The van der Waals surface area contributed by atoms with Crippen molar-refractivity contribution in [3.8, 4) is 11.1 Å². The van der Waals surface area contributed by atoms with Crippen molar-refractivity contribution in [1.82, 2.24) is 0 Å². The SMILES string of the molecule is Cc1cc(C)c(-c2ccc3c(c2)C2(CCCCC2)/C(=C/C=C2C(=O)c4cc5ccccc5cc4C2=O)N3c2c(C)cc(C)cc2C)c(C)c1. The second kappa shape index (κ2) is 11.6. The number of Topliss-reactive ketones (excluding diaryl/α,β-unsaturated/α-hetero) is 2. The van der Waals surface area contributed by atoms with Crippen molar-refractivity contribution in [3.05, 3.63) is 152 Å². The molecule has 0 aromatic heterocycles. The Hall–Kier alpha value is -5.02. The van der Waals surface area contributed by atoms with Crippen molar-refractivity contribution in [1.29, 1.82) is 0 Å². The van der Waals surface area contributed by atoms with Gasteiger partial charge in [0.05, 0.1) is 16.9 Å². The van der Waals surface area contributed by atoms with E-state index in [1.165, 1.54) is 73.6 Å². The van der Waals surface area contributed by atoms with Gasteiger partial charge in [-0.2, -0.15) is 0 Å². The highest BCUT2D eigenvalue weighted by Crippen LogP contribution is 2.59. The monoisotopic (exact) mass is 641 g/mol. The summed E-state index contributed by atoms with van der Waals surface area (Å²) in [6.07, 6.45) is 9.50. The van der Waals surface area contributed by atoms with E-state index in [2.05, 4.69) is 95.0 Å². The number of benzene rings is 5. The number of rotatable bonds is 3. The van der Waals surface area contributed by atoms with Gasteiger partial charge in [0.15, 0.2) is 11.6 Å². The number of hydrogen-bond donors (Lipinski definition) is 0. The molecule has 1 heterocycles. The fraction of sp³-hybridized carbons (Fsp3) is 0.261. The molecule has 244 valence electrons. The zero-order chi connectivity index (χ0) is 34.2. The van der Waals surface area contributed by atoms with Crippen LogP contribution in [-0.4, -0.2) is 11.6 Å². The molecule has 0 radical (unpaired) electrons. The van der Waals surface area contributed by atoms with Gasteiger partial charge in [0.2, 0.25) is 0 Å². The largest absolute Gasteiger partial charge is 0.312 e. The number of carbonyl (C=O) groups is 2. The van der Waals surface area contributed by atoms with Crippen LogP contribution in [0.25, 0.3) is 21.9 Å². The number of hydrogen-bond acceptors (Lipinski definition) is 3. The minimum atomic E-state index is -0.233. The fourth-order valence-corrected chi connectivity index (χ4v) is 9.39. The third-order valence-corrected chi connectivity index (χ3v) is 11.3. The summed E-state index contributed by atoms with van der Waals surface area (Å²) in [5.41, 5.74) is 16.0. The molecule has 1 fully saturated rings. The molecule has 3 heteroatoms. The molecule has 0 atom stereocenters. The summed E-state index contributed by atoms with van der Waals surface area (Å²) >= 11 is 0. The lowest BCUT2D eigenvalue weighted by Crippen LogP contribution is -2.32. The van der Waals surface area contributed by atoms with Crippen LogP contribution in [0.4, 0.5) is 11.4 Å². The standard InChI is InChI=1S/C46H43NO2/c1-27-20-29(3)42(30(4)21-27)35-14-16-40-39(26-35)46(18-10-7-11-19-46)41(47(40)43-31(5)22-28(2)23-32(43)6)17-15-36-44(48)37-24-33-12-8-9-13-34(33)25-38(37)45(36)49/h8-9,12-17,20-26H,7,10-11,18-19H2,1-6H3/b41-17-. The quantitative estimate of drug-likeness (QED) is 0.145. The van der Waals surface area contributed by atoms with Crippen LogP contribution >= 0.6 is 0 Å². The minimum absolute atomic E-state index is 0.183. The number of carbonyl (C=O) groups excluding carboxylic acids is 2. The van der Waals surface area contributed by atoms with E-state index >= 15 is 0 Å². The Morgan fingerprint density at radius 1 is 0.612 bits per heavy atom. The van der Waals surface area contributed by atoms with Crippen LogP contribution in [0.15, 0.2) is 102 Å². The van der Waals surface area contributed by atoms with Crippen LogP contribution in [0.1, 0.15) is 91.8 Å². The van der Waals surface area contributed by atoms with Gasteiger partial charge in [-0.25, -0.2) is 0 Å². The molecule has 3 nitrogen and oxygen atoms in total. The summed E-state index contributed by atoms with van der Waals surface area (Å²) in [6.45, 7) is 13.2. The second-order valence-corrected chi connectivity index (χ2v) is 14.8. The maximum atomic E-state index is 13.9.